The van der Waals surface area contributed by atoms with E-state index < -0.39 is 0 Å². The molecule has 0 unspecified atom stereocenters. The molecule has 0 radical (unpaired) electrons. The Hall–Kier alpha value is -0.750. The molecule has 0 bridgehead atoms. The molecular weight excluding hydrogens is 320 g/mol. The van der Waals surface area contributed by atoms with Crippen molar-refractivity contribution in [2.75, 3.05) is 45.9 Å². The third kappa shape index (κ3) is 4.38. The van der Waals surface area contributed by atoms with Gasteiger partial charge in [0.1, 0.15) is 0 Å². The van der Waals surface area contributed by atoms with E-state index in [1.807, 2.05) is 24.3 Å². The van der Waals surface area contributed by atoms with Crippen LogP contribution in [-0.2, 0) is 0 Å². The molecule has 0 aromatic heterocycles. The third-order valence-corrected chi connectivity index (χ3v) is 4.40. The van der Waals surface area contributed by atoms with Gasteiger partial charge in [0.2, 0.25) is 0 Å². The van der Waals surface area contributed by atoms with E-state index in [0.717, 1.165) is 49.3 Å². The lowest BCUT2D eigenvalue weighted by Gasteiger charge is -2.34. The van der Waals surface area contributed by atoms with Gasteiger partial charge in [0.25, 0.3) is 0 Å². The summed E-state index contributed by atoms with van der Waals surface area (Å²) >= 11 is 3.42. The number of β-amino-alcohol motifs (C(OH)–C–C–N with tert-alkyl or cyclic N) is 1. The number of carbonyl (C=O) groups is 1. The lowest BCUT2D eigenvalue weighted by Crippen LogP contribution is -2.47. The average Bonchev–Trinajstić information content (AvgIpc) is 2.47. The second-order valence-corrected chi connectivity index (χ2v) is 5.91. The molecule has 0 saturated carbocycles. The van der Waals surface area contributed by atoms with Crippen molar-refractivity contribution in [3.63, 3.8) is 0 Å². The molecule has 0 aliphatic carbocycles. The van der Waals surface area contributed by atoms with Gasteiger partial charge in [0.15, 0.2) is 5.78 Å². The number of carbonyl (C=O) groups excluding carboxylic acids is 1. The maximum Gasteiger partial charge on any atom is 0.165 e. The van der Waals surface area contributed by atoms with Crippen LogP contribution in [0.5, 0.6) is 0 Å². The Kier molecular flexibility index (Phi) is 6.16. The van der Waals surface area contributed by atoms with Crippen molar-refractivity contribution < 1.29 is 9.90 Å². The molecule has 2 rings (SSSR count). The highest BCUT2D eigenvalue weighted by atomic mass is 79.9. The highest BCUT2D eigenvalue weighted by Crippen LogP contribution is 2.17. The van der Waals surface area contributed by atoms with Gasteiger partial charge in [-0.15, -0.1) is 0 Å². The molecule has 0 spiro atoms. The van der Waals surface area contributed by atoms with Crippen LogP contribution in [0.3, 0.4) is 0 Å². The average molecular weight is 341 g/mol. The minimum Gasteiger partial charge on any atom is -0.395 e. The number of ketones is 1. The molecule has 1 N–H and O–H groups in total. The van der Waals surface area contributed by atoms with Crippen LogP contribution in [0.25, 0.3) is 0 Å². The van der Waals surface area contributed by atoms with E-state index >= 15 is 0 Å². The van der Waals surface area contributed by atoms with Crippen LogP contribution in [0, 0.1) is 0 Å². The summed E-state index contributed by atoms with van der Waals surface area (Å²) < 4.78 is 0.873. The van der Waals surface area contributed by atoms with E-state index in [0.29, 0.717) is 6.42 Å². The van der Waals surface area contributed by atoms with Crippen molar-refractivity contribution in [1.82, 2.24) is 9.80 Å². The summed E-state index contributed by atoms with van der Waals surface area (Å²) in [4.78, 5) is 16.8. The minimum absolute atomic E-state index is 0.190. The fraction of sp³-hybridized carbons (Fsp3) is 0.533. The van der Waals surface area contributed by atoms with Crippen molar-refractivity contribution in [2.24, 2.45) is 0 Å². The van der Waals surface area contributed by atoms with E-state index in [4.69, 9.17) is 5.11 Å². The van der Waals surface area contributed by atoms with Crippen molar-refractivity contribution in [3.8, 4) is 0 Å². The van der Waals surface area contributed by atoms with E-state index in [1.165, 1.54) is 0 Å². The first-order valence-electron chi connectivity index (χ1n) is 7.04. The van der Waals surface area contributed by atoms with Gasteiger partial charge in [0, 0.05) is 55.7 Å². The summed E-state index contributed by atoms with van der Waals surface area (Å²) in [6.45, 7) is 5.69. The zero-order chi connectivity index (χ0) is 14.4. The Balaban J connectivity index is 1.76. The number of aliphatic hydroxyl groups excluding tert-OH is 1. The van der Waals surface area contributed by atoms with Crippen LogP contribution in [0.4, 0.5) is 0 Å². The number of piperazine rings is 1. The molecule has 1 aromatic carbocycles. The van der Waals surface area contributed by atoms with Crippen LogP contribution >= 0.6 is 15.9 Å². The second-order valence-electron chi connectivity index (χ2n) is 5.06. The van der Waals surface area contributed by atoms with Crippen LogP contribution in [0.2, 0.25) is 0 Å². The van der Waals surface area contributed by atoms with Crippen molar-refractivity contribution in [1.29, 1.82) is 0 Å². The van der Waals surface area contributed by atoms with Crippen molar-refractivity contribution in [2.45, 2.75) is 6.42 Å². The van der Waals surface area contributed by atoms with E-state index in [9.17, 15) is 4.79 Å². The Bertz CT molecular complexity index is 445. The van der Waals surface area contributed by atoms with Gasteiger partial charge < -0.3 is 10.0 Å². The first-order valence-corrected chi connectivity index (χ1v) is 7.83. The normalized spacial score (nSPS) is 17.3. The molecule has 110 valence electrons. The number of hydrogen-bond donors (Lipinski definition) is 1. The van der Waals surface area contributed by atoms with Gasteiger partial charge in [0.05, 0.1) is 6.61 Å². The number of nitrogens with zero attached hydrogens (tertiary/aromatic N) is 2. The predicted molar refractivity (Wildman–Crippen MR) is 83.1 cm³/mol. The van der Waals surface area contributed by atoms with Gasteiger partial charge in [-0.2, -0.15) is 0 Å². The monoisotopic (exact) mass is 340 g/mol. The third-order valence-electron chi connectivity index (χ3n) is 3.71. The summed E-state index contributed by atoms with van der Waals surface area (Å²) in [5.74, 6) is 0.190. The number of hydrogen-bond acceptors (Lipinski definition) is 4. The lowest BCUT2D eigenvalue weighted by atomic mass is 10.1. The van der Waals surface area contributed by atoms with E-state index in [-0.39, 0.29) is 12.4 Å². The fourth-order valence-corrected chi connectivity index (χ4v) is 2.97. The summed E-state index contributed by atoms with van der Waals surface area (Å²) in [5.41, 5.74) is 0.770. The highest BCUT2D eigenvalue weighted by Gasteiger charge is 2.17. The first-order chi connectivity index (χ1) is 9.70. The van der Waals surface area contributed by atoms with Gasteiger partial charge in [-0.1, -0.05) is 34.1 Å². The molecule has 1 aromatic rings. The number of halogens is 1. The Labute approximate surface area is 128 Å². The number of aliphatic hydroxyl groups is 1. The second kappa shape index (κ2) is 7.88. The molecule has 1 aliphatic heterocycles. The van der Waals surface area contributed by atoms with Gasteiger partial charge in [-0.25, -0.2) is 0 Å². The SMILES string of the molecule is O=C(CCN1CCN(CCO)CC1)c1ccccc1Br. The highest BCUT2D eigenvalue weighted by molar-refractivity contribution is 9.10. The molecular formula is C15H21BrN2O2. The van der Waals surface area contributed by atoms with Gasteiger partial charge >= 0.3 is 0 Å². The molecule has 1 saturated heterocycles. The van der Waals surface area contributed by atoms with Crippen LogP contribution in [-0.4, -0.2) is 66.6 Å². The summed E-state index contributed by atoms with van der Waals surface area (Å²) in [5, 5.41) is 8.91. The molecule has 5 heteroatoms. The smallest absolute Gasteiger partial charge is 0.165 e. The molecule has 4 nitrogen and oxygen atoms in total. The molecule has 0 atom stereocenters. The summed E-state index contributed by atoms with van der Waals surface area (Å²) in [6.07, 6.45) is 0.558. The zero-order valence-electron chi connectivity index (χ0n) is 11.6. The maximum absolute atomic E-state index is 12.2. The fourth-order valence-electron chi connectivity index (χ4n) is 2.46. The summed E-state index contributed by atoms with van der Waals surface area (Å²) in [7, 11) is 0. The van der Waals surface area contributed by atoms with Gasteiger partial charge in [-0.3, -0.25) is 9.69 Å². The molecule has 1 heterocycles. The number of benzene rings is 1. The number of rotatable bonds is 6. The Morgan fingerprint density at radius 2 is 1.70 bits per heavy atom. The minimum atomic E-state index is 0.190. The lowest BCUT2D eigenvalue weighted by molar-refractivity contribution is 0.0906. The predicted octanol–water partition coefficient (Wildman–Crippen LogP) is 1.63. The molecule has 20 heavy (non-hydrogen) atoms. The maximum atomic E-state index is 12.2. The number of Topliss-reactive ketones (excluding diaryl/α,β-unsaturated/α-hetero) is 1. The van der Waals surface area contributed by atoms with Crippen molar-refractivity contribution >= 4 is 21.7 Å². The largest absolute Gasteiger partial charge is 0.395 e. The van der Waals surface area contributed by atoms with Crippen LogP contribution in [0.15, 0.2) is 28.7 Å². The standard InChI is InChI=1S/C15H21BrN2O2/c16-14-4-2-1-3-13(14)15(20)5-6-17-7-9-18(10-8-17)11-12-19/h1-4,19H,5-12H2. The van der Waals surface area contributed by atoms with Crippen molar-refractivity contribution in [3.05, 3.63) is 34.3 Å². The van der Waals surface area contributed by atoms with Crippen LogP contribution in [0.1, 0.15) is 16.8 Å². The Morgan fingerprint density at radius 1 is 1.10 bits per heavy atom. The summed E-state index contributed by atoms with van der Waals surface area (Å²) in [6, 6.07) is 7.58. The van der Waals surface area contributed by atoms with E-state index in [1.54, 1.807) is 0 Å². The zero-order valence-corrected chi connectivity index (χ0v) is 13.2. The van der Waals surface area contributed by atoms with E-state index in [2.05, 4.69) is 25.7 Å². The molecule has 1 fully saturated rings. The quantitative estimate of drug-likeness (QED) is 0.799. The molecule has 0 amide bonds. The van der Waals surface area contributed by atoms with Gasteiger partial charge in [-0.05, 0) is 6.07 Å². The van der Waals surface area contributed by atoms with Crippen LogP contribution < -0.4 is 0 Å². The molecule has 1 aliphatic rings. The first kappa shape index (κ1) is 15.6. The Morgan fingerprint density at radius 3 is 2.30 bits per heavy atom. The topological polar surface area (TPSA) is 43.8 Å².